The Morgan fingerprint density at radius 1 is 1.07 bits per heavy atom. The SMILES string of the molecule is Cc1cc(C)c(C)c(SCCN)c1C. The van der Waals surface area contributed by atoms with Gasteiger partial charge in [-0.15, -0.1) is 11.8 Å². The van der Waals surface area contributed by atoms with Crippen molar-refractivity contribution in [3.63, 3.8) is 0 Å². The summed E-state index contributed by atoms with van der Waals surface area (Å²) in [4.78, 5) is 1.42. The second-order valence-corrected chi connectivity index (χ2v) is 4.83. The minimum Gasteiger partial charge on any atom is -0.330 e. The van der Waals surface area contributed by atoms with Gasteiger partial charge in [-0.1, -0.05) is 6.07 Å². The van der Waals surface area contributed by atoms with Gasteiger partial charge in [0, 0.05) is 17.2 Å². The number of aryl methyl sites for hydroxylation is 2. The molecule has 1 rings (SSSR count). The summed E-state index contributed by atoms with van der Waals surface area (Å²) in [5.41, 5.74) is 11.1. The minimum absolute atomic E-state index is 0.747. The molecule has 78 valence electrons. The van der Waals surface area contributed by atoms with E-state index >= 15 is 0 Å². The fraction of sp³-hybridized carbons (Fsp3) is 0.500. The van der Waals surface area contributed by atoms with E-state index in [1.54, 1.807) is 0 Å². The number of rotatable bonds is 3. The van der Waals surface area contributed by atoms with E-state index in [0.717, 1.165) is 12.3 Å². The fourth-order valence-electron chi connectivity index (χ4n) is 1.56. The molecule has 0 aliphatic carbocycles. The van der Waals surface area contributed by atoms with Crippen LogP contribution in [0, 0.1) is 27.7 Å². The summed E-state index contributed by atoms with van der Waals surface area (Å²) >= 11 is 1.88. The van der Waals surface area contributed by atoms with E-state index in [1.165, 1.54) is 27.1 Å². The van der Waals surface area contributed by atoms with E-state index in [0.29, 0.717) is 0 Å². The van der Waals surface area contributed by atoms with Crippen LogP contribution in [-0.2, 0) is 0 Å². The van der Waals surface area contributed by atoms with Crippen molar-refractivity contribution in [2.24, 2.45) is 5.73 Å². The third-order valence-electron chi connectivity index (χ3n) is 2.66. The molecule has 0 aromatic heterocycles. The molecule has 0 aliphatic rings. The predicted molar refractivity (Wildman–Crippen MR) is 65.2 cm³/mol. The van der Waals surface area contributed by atoms with Gasteiger partial charge in [0.2, 0.25) is 0 Å². The summed E-state index contributed by atoms with van der Waals surface area (Å²) in [5.74, 6) is 1.00. The summed E-state index contributed by atoms with van der Waals surface area (Å²) in [6, 6.07) is 2.26. The van der Waals surface area contributed by atoms with Crippen LogP contribution in [0.15, 0.2) is 11.0 Å². The highest BCUT2D eigenvalue weighted by atomic mass is 32.2. The summed E-state index contributed by atoms with van der Waals surface area (Å²) in [6.07, 6.45) is 0. The molecule has 0 bridgehead atoms. The van der Waals surface area contributed by atoms with Gasteiger partial charge in [-0.3, -0.25) is 0 Å². The second kappa shape index (κ2) is 4.85. The molecule has 0 spiro atoms. The topological polar surface area (TPSA) is 26.0 Å². The van der Waals surface area contributed by atoms with Crippen LogP contribution in [0.3, 0.4) is 0 Å². The minimum atomic E-state index is 0.747. The molecule has 0 unspecified atom stereocenters. The fourth-order valence-corrected chi connectivity index (χ4v) is 2.64. The summed E-state index contributed by atoms with van der Waals surface area (Å²) in [7, 11) is 0. The third kappa shape index (κ3) is 2.31. The Bertz CT molecular complexity index is 305. The van der Waals surface area contributed by atoms with Crippen LogP contribution in [-0.4, -0.2) is 12.3 Å². The first-order valence-corrected chi connectivity index (χ1v) is 5.96. The Balaban J connectivity index is 3.11. The number of thioether (sulfide) groups is 1. The van der Waals surface area contributed by atoms with Crippen molar-refractivity contribution < 1.29 is 0 Å². The monoisotopic (exact) mass is 209 g/mol. The normalized spacial score (nSPS) is 10.6. The largest absolute Gasteiger partial charge is 0.330 e. The third-order valence-corrected chi connectivity index (χ3v) is 4.00. The van der Waals surface area contributed by atoms with Crippen molar-refractivity contribution in [2.45, 2.75) is 32.6 Å². The molecule has 2 heteroatoms. The van der Waals surface area contributed by atoms with Crippen LogP contribution in [0.2, 0.25) is 0 Å². The Labute approximate surface area is 91.1 Å². The smallest absolute Gasteiger partial charge is 0.0136 e. The highest BCUT2D eigenvalue weighted by molar-refractivity contribution is 7.99. The number of hydrogen-bond donors (Lipinski definition) is 1. The van der Waals surface area contributed by atoms with Crippen molar-refractivity contribution in [3.8, 4) is 0 Å². The van der Waals surface area contributed by atoms with Crippen molar-refractivity contribution >= 4 is 11.8 Å². The van der Waals surface area contributed by atoms with E-state index in [1.807, 2.05) is 11.8 Å². The number of benzene rings is 1. The Morgan fingerprint density at radius 3 is 2.00 bits per heavy atom. The number of nitrogens with two attached hydrogens (primary N) is 1. The van der Waals surface area contributed by atoms with E-state index in [4.69, 9.17) is 5.73 Å². The lowest BCUT2D eigenvalue weighted by Crippen LogP contribution is -2.02. The lowest BCUT2D eigenvalue weighted by Gasteiger charge is -2.14. The van der Waals surface area contributed by atoms with Gasteiger partial charge in [0.05, 0.1) is 0 Å². The maximum absolute atomic E-state index is 5.53. The molecule has 1 aromatic rings. The first-order valence-electron chi connectivity index (χ1n) is 4.98. The van der Waals surface area contributed by atoms with Crippen LogP contribution in [0.1, 0.15) is 22.3 Å². The van der Waals surface area contributed by atoms with E-state index in [-0.39, 0.29) is 0 Å². The predicted octanol–water partition coefficient (Wildman–Crippen LogP) is 2.97. The number of hydrogen-bond acceptors (Lipinski definition) is 2. The molecule has 0 atom stereocenters. The Morgan fingerprint density at radius 2 is 1.57 bits per heavy atom. The van der Waals surface area contributed by atoms with Gasteiger partial charge in [0.1, 0.15) is 0 Å². The molecule has 0 heterocycles. The van der Waals surface area contributed by atoms with E-state index < -0.39 is 0 Å². The van der Waals surface area contributed by atoms with Gasteiger partial charge >= 0.3 is 0 Å². The standard InChI is InChI=1S/C12H19NS/c1-8-7-9(2)11(4)12(10(8)3)14-6-5-13/h7H,5-6,13H2,1-4H3. The zero-order chi connectivity index (χ0) is 10.7. The molecular formula is C12H19NS. The van der Waals surface area contributed by atoms with Crippen LogP contribution in [0.5, 0.6) is 0 Å². The molecule has 0 saturated heterocycles. The van der Waals surface area contributed by atoms with Gasteiger partial charge in [0.25, 0.3) is 0 Å². The van der Waals surface area contributed by atoms with Gasteiger partial charge in [-0.2, -0.15) is 0 Å². The molecule has 0 aliphatic heterocycles. The van der Waals surface area contributed by atoms with Crippen LogP contribution >= 0.6 is 11.8 Å². The molecule has 0 radical (unpaired) electrons. The summed E-state index contributed by atoms with van der Waals surface area (Å²) in [5, 5.41) is 0. The molecule has 0 saturated carbocycles. The maximum atomic E-state index is 5.53. The average molecular weight is 209 g/mol. The average Bonchev–Trinajstić information content (AvgIpc) is 2.15. The van der Waals surface area contributed by atoms with Crippen molar-refractivity contribution in [1.82, 2.24) is 0 Å². The highest BCUT2D eigenvalue weighted by Crippen LogP contribution is 2.30. The van der Waals surface area contributed by atoms with Crippen LogP contribution in [0.25, 0.3) is 0 Å². The zero-order valence-electron chi connectivity index (χ0n) is 9.48. The molecular weight excluding hydrogens is 190 g/mol. The Kier molecular flexibility index (Phi) is 4.02. The molecule has 14 heavy (non-hydrogen) atoms. The lowest BCUT2D eigenvalue weighted by molar-refractivity contribution is 1.11. The maximum Gasteiger partial charge on any atom is 0.0136 e. The molecule has 1 aromatic carbocycles. The first-order chi connectivity index (χ1) is 6.57. The molecule has 0 amide bonds. The van der Waals surface area contributed by atoms with Crippen molar-refractivity contribution in [3.05, 3.63) is 28.3 Å². The quantitative estimate of drug-likeness (QED) is 0.775. The lowest BCUT2D eigenvalue weighted by atomic mass is 10.0. The van der Waals surface area contributed by atoms with Crippen molar-refractivity contribution in [2.75, 3.05) is 12.3 Å². The molecule has 2 N–H and O–H groups in total. The van der Waals surface area contributed by atoms with Crippen molar-refractivity contribution in [1.29, 1.82) is 0 Å². The van der Waals surface area contributed by atoms with Gasteiger partial charge in [-0.25, -0.2) is 0 Å². The zero-order valence-corrected chi connectivity index (χ0v) is 10.3. The van der Waals surface area contributed by atoms with Crippen LogP contribution < -0.4 is 5.73 Å². The first kappa shape index (κ1) is 11.6. The van der Waals surface area contributed by atoms with Gasteiger partial charge in [0.15, 0.2) is 0 Å². The Hall–Kier alpha value is -0.470. The molecule has 1 nitrogen and oxygen atoms in total. The van der Waals surface area contributed by atoms with Gasteiger partial charge in [-0.05, 0) is 49.9 Å². The second-order valence-electron chi connectivity index (χ2n) is 3.73. The summed E-state index contributed by atoms with van der Waals surface area (Å²) in [6.45, 7) is 9.49. The van der Waals surface area contributed by atoms with E-state index in [2.05, 4.69) is 33.8 Å². The molecule has 0 fully saturated rings. The van der Waals surface area contributed by atoms with E-state index in [9.17, 15) is 0 Å². The van der Waals surface area contributed by atoms with Crippen LogP contribution in [0.4, 0.5) is 0 Å². The highest BCUT2D eigenvalue weighted by Gasteiger charge is 2.07. The summed E-state index contributed by atoms with van der Waals surface area (Å²) < 4.78 is 0. The van der Waals surface area contributed by atoms with Gasteiger partial charge < -0.3 is 5.73 Å².